The molecule has 0 amide bonds. The lowest BCUT2D eigenvalue weighted by Crippen LogP contribution is -2.40. The van der Waals surface area contributed by atoms with Crippen molar-refractivity contribution in [1.82, 2.24) is 19.8 Å². The summed E-state index contributed by atoms with van der Waals surface area (Å²) >= 11 is 0. The number of aliphatic hydroxyl groups excluding tert-OH is 1. The quantitative estimate of drug-likeness (QED) is 0.268. The Bertz CT molecular complexity index is 1570. The van der Waals surface area contributed by atoms with Crippen LogP contribution in [-0.4, -0.2) is 76.7 Å². The van der Waals surface area contributed by atoms with E-state index in [0.717, 1.165) is 50.9 Å². The number of carbonyl (C=O) groups is 1. The van der Waals surface area contributed by atoms with Gasteiger partial charge in [0, 0.05) is 42.6 Å². The van der Waals surface area contributed by atoms with Crippen LogP contribution in [0.15, 0.2) is 59.6 Å². The highest BCUT2D eigenvalue weighted by atomic mass is 19.3. The number of esters is 1. The van der Waals surface area contributed by atoms with Crippen molar-refractivity contribution in [2.75, 3.05) is 32.8 Å². The van der Waals surface area contributed by atoms with E-state index in [-0.39, 0.29) is 43.0 Å². The lowest BCUT2D eigenvalue weighted by atomic mass is 9.71. The fourth-order valence-corrected chi connectivity index (χ4v) is 7.45. The Balaban J connectivity index is 1.15. The first-order valence-electron chi connectivity index (χ1n) is 16.7. The average molecular weight is 652 g/mol. The van der Waals surface area contributed by atoms with E-state index in [1.165, 1.54) is 24.2 Å². The lowest BCUT2D eigenvalue weighted by molar-refractivity contribution is -0.145. The van der Waals surface area contributed by atoms with E-state index >= 15 is 0 Å². The summed E-state index contributed by atoms with van der Waals surface area (Å²) in [6, 6.07) is 6.92. The first kappa shape index (κ1) is 33.2. The molecule has 0 radical (unpaired) electrons. The summed E-state index contributed by atoms with van der Waals surface area (Å²) in [5.41, 5.74) is 3.55. The highest BCUT2D eigenvalue weighted by Crippen LogP contribution is 2.43. The van der Waals surface area contributed by atoms with Crippen molar-refractivity contribution in [2.45, 2.75) is 77.1 Å². The second-order valence-corrected chi connectivity index (χ2v) is 13.3. The third-order valence-corrected chi connectivity index (χ3v) is 10.3. The maximum Gasteiger partial charge on any atom is 0.334 e. The van der Waals surface area contributed by atoms with Gasteiger partial charge in [0.05, 0.1) is 30.9 Å². The van der Waals surface area contributed by atoms with Gasteiger partial charge in [0.25, 0.3) is 6.43 Å². The van der Waals surface area contributed by atoms with Crippen LogP contribution in [0.2, 0.25) is 0 Å². The average Bonchev–Trinajstić information content (AvgIpc) is 3.60. The van der Waals surface area contributed by atoms with Crippen LogP contribution < -0.4 is 5.32 Å². The smallest absolute Gasteiger partial charge is 0.334 e. The number of aliphatic hydroxyl groups is 1. The van der Waals surface area contributed by atoms with Crippen LogP contribution in [0.25, 0.3) is 5.57 Å². The molecule has 1 aromatic carbocycles. The molecule has 47 heavy (non-hydrogen) atoms. The third-order valence-electron chi connectivity index (χ3n) is 10.3. The Hall–Kier alpha value is -3.70. The highest BCUT2D eigenvalue weighted by Gasteiger charge is 2.35. The molecule has 2 aromatic rings. The number of nitrogens with one attached hydrogen (secondary N) is 2. The largest absolute Gasteiger partial charge is 0.464 e. The van der Waals surface area contributed by atoms with Crippen molar-refractivity contribution in [3.05, 3.63) is 82.1 Å². The fraction of sp³-hybridized carbons (Fsp3) is 0.528. The number of fused-ring (bicyclic) bond motifs is 1. The van der Waals surface area contributed by atoms with Gasteiger partial charge in [0.1, 0.15) is 6.17 Å². The molecule has 6 rings (SSSR count). The summed E-state index contributed by atoms with van der Waals surface area (Å²) in [4.78, 5) is 19.8. The molecule has 1 saturated heterocycles. The van der Waals surface area contributed by atoms with Crippen LogP contribution in [0.4, 0.5) is 13.2 Å². The van der Waals surface area contributed by atoms with Gasteiger partial charge in [-0.25, -0.2) is 22.9 Å². The minimum atomic E-state index is -2.86. The number of aromatic nitrogens is 2. The van der Waals surface area contributed by atoms with E-state index in [0.29, 0.717) is 40.3 Å². The Labute approximate surface area is 273 Å². The van der Waals surface area contributed by atoms with Crippen molar-refractivity contribution in [3.8, 4) is 0 Å². The molecule has 1 saturated carbocycles. The molecule has 8 nitrogen and oxygen atoms in total. The first-order valence-corrected chi connectivity index (χ1v) is 16.7. The summed E-state index contributed by atoms with van der Waals surface area (Å²) in [7, 11) is 0. The summed E-state index contributed by atoms with van der Waals surface area (Å²) in [5.74, 6) is 0.937. The SMILES string of the molecule is CCOC(=O)C(N/C=C1\C(=N)C(C)=C(c2ccc(C3CC(CN4CCC(CO)CC4)C3)cc2)C=C1C(F)F)c1ncn2c1C[C@@H](F)C2. The first-order chi connectivity index (χ1) is 22.7. The van der Waals surface area contributed by atoms with Gasteiger partial charge in [-0.15, -0.1) is 0 Å². The number of likely N-dealkylation sites (tertiary alicyclic amines) is 1. The van der Waals surface area contributed by atoms with Gasteiger partial charge in [-0.05, 0) is 98.7 Å². The molecule has 3 heterocycles. The molecular weight excluding hydrogens is 607 g/mol. The van der Waals surface area contributed by atoms with E-state index in [9.17, 15) is 23.1 Å². The second-order valence-electron chi connectivity index (χ2n) is 13.3. The Morgan fingerprint density at radius 1 is 1.19 bits per heavy atom. The van der Waals surface area contributed by atoms with Crippen molar-refractivity contribution in [1.29, 1.82) is 5.41 Å². The van der Waals surface area contributed by atoms with E-state index in [1.54, 1.807) is 18.4 Å². The zero-order valence-corrected chi connectivity index (χ0v) is 27.0. The minimum absolute atomic E-state index is 0.0208. The third kappa shape index (κ3) is 6.97. The maximum atomic E-state index is 14.5. The predicted molar refractivity (Wildman–Crippen MR) is 174 cm³/mol. The topological polar surface area (TPSA) is 103 Å². The van der Waals surface area contributed by atoms with Crippen molar-refractivity contribution >= 4 is 17.3 Å². The van der Waals surface area contributed by atoms with E-state index in [1.807, 2.05) is 12.1 Å². The van der Waals surface area contributed by atoms with Gasteiger partial charge < -0.3 is 24.6 Å². The lowest BCUT2D eigenvalue weighted by Gasteiger charge is -2.41. The number of ether oxygens (including phenoxy) is 1. The molecule has 4 aliphatic rings. The number of hydrogen-bond acceptors (Lipinski definition) is 7. The molecule has 0 spiro atoms. The molecule has 3 N–H and O–H groups in total. The molecule has 1 unspecified atom stereocenters. The summed E-state index contributed by atoms with van der Waals surface area (Å²) in [6.07, 6.45) is 4.70. The summed E-state index contributed by atoms with van der Waals surface area (Å²) < 4.78 is 50.0. The van der Waals surface area contributed by atoms with Crippen molar-refractivity contribution < 1.29 is 27.8 Å². The van der Waals surface area contributed by atoms with Gasteiger partial charge in [0.15, 0.2) is 6.04 Å². The van der Waals surface area contributed by atoms with Gasteiger partial charge in [-0.1, -0.05) is 24.3 Å². The van der Waals surface area contributed by atoms with Crippen LogP contribution in [0.3, 0.4) is 0 Å². The second kappa shape index (κ2) is 14.2. The summed E-state index contributed by atoms with van der Waals surface area (Å²) in [6.45, 7) is 7.16. The number of carbonyl (C=O) groups excluding carboxylic acids is 1. The predicted octanol–water partition coefficient (Wildman–Crippen LogP) is 5.75. The van der Waals surface area contributed by atoms with Gasteiger partial charge >= 0.3 is 5.97 Å². The molecule has 2 atom stereocenters. The number of halogens is 3. The molecule has 2 fully saturated rings. The van der Waals surface area contributed by atoms with Gasteiger partial charge in [0.2, 0.25) is 0 Å². The molecule has 2 aliphatic carbocycles. The van der Waals surface area contributed by atoms with Crippen LogP contribution in [0.5, 0.6) is 0 Å². The summed E-state index contributed by atoms with van der Waals surface area (Å²) in [5, 5.41) is 21.1. The minimum Gasteiger partial charge on any atom is -0.464 e. The van der Waals surface area contributed by atoms with Crippen molar-refractivity contribution in [3.63, 3.8) is 0 Å². The Morgan fingerprint density at radius 3 is 2.57 bits per heavy atom. The van der Waals surface area contributed by atoms with Crippen LogP contribution in [-0.2, 0) is 22.5 Å². The molecule has 0 bridgehead atoms. The number of piperidine rings is 1. The monoisotopic (exact) mass is 651 g/mol. The number of nitrogens with zero attached hydrogens (tertiary/aromatic N) is 3. The number of alkyl halides is 3. The van der Waals surface area contributed by atoms with Crippen molar-refractivity contribution in [2.24, 2.45) is 11.8 Å². The van der Waals surface area contributed by atoms with E-state index in [2.05, 4.69) is 27.3 Å². The normalized spacial score (nSPS) is 25.2. The molecule has 11 heteroatoms. The fourth-order valence-electron chi connectivity index (χ4n) is 7.45. The number of benzene rings is 1. The number of rotatable bonds is 11. The van der Waals surface area contributed by atoms with Crippen LogP contribution >= 0.6 is 0 Å². The molecular formula is C36H44F3N5O3. The Kier molecular flexibility index (Phi) is 10.0. The van der Waals surface area contributed by atoms with Gasteiger partial charge in [-0.2, -0.15) is 0 Å². The van der Waals surface area contributed by atoms with Gasteiger partial charge in [-0.3, -0.25) is 5.41 Å². The zero-order chi connectivity index (χ0) is 33.2. The highest BCUT2D eigenvalue weighted by molar-refractivity contribution is 6.20. The zero-order valence-electron chi connectivity index (χ0n) is 27.0. The number of hydrogen-bond donors (Lipinski definition) is 3. The molecule has 2 aliphatic heterocycles. The standard InChI is InChI=1S/C36H44F3N5O3/c1-3-47-36(46)34(33-31-14-27(37)18-44(31)20-42-33)41-16-30-29(35(38)39)15-28(21(2)32(30)40)25-6-4-24(5-7-25)26-12-23(13-26)17-43-10-8-22(19-45)9-11-43/h4-7,15-16,20,22-23,26-27,34-35,40-41,45H,3,8-14,17-19H2,1-2H3/b30-16-,40-32?/t23?,26?,27-,34?/m1/s1. The van der Waals surface area contributed by atoms with E-state index in [4.69, 9.17) is 10.1 Å². The Morgan fingerprint density at radius 2 is 1.91 bits per heavy atom. The van der Waals surface area contributed by atoms with E-state index < -0.39 is 24.6 Å². The molecule has 252 valence electrons. The maximum absolute atomic E-state index is 14.5. The number of allylic oxidation sites excluding steroid dienone is 5. The van der Waals surface area contributed by atoms with Crippen LogP contribution in [0, 0.1) is 17.2 Å². The van der Waals surface area contributed by atoms with Crippen LogP contribution in [0.1, 0.15) is 74.0 Å². The number of imidazole rings is 1. The molecule has 1 aromatic heterocycles.